The van der Waals surface area contributed by atoms with Crippen molar-refractivity contribution in [1.29, 1.82) is 0 Å². The Labute approximate surface area is 180 Å². The standard InChI is InChI=1S/C24H23FN6/c1-16-5-3-7-20(13-16)27-23-29-22(26-19-11-9-18(15-25)10-12-19)30-24(31-23)28-21-8-4-6-17(2)14-21/h3-14H,15H2,1-2H3,(H3,26,27,28,29,30,31). The first-order chi connectivity index (χ1) is 15.1. The van der Waals surface area contributed by atoms with Crippen molar-refractivity contribution in [1.82, 2.24) is 15.0 Å². The zero-order chi connectivity index (χ0) is 21.6. The number of halogens is 1. The van der Waals surface area contributed by atoms with E-state index in [0.29, 0.717) is 23.4 Å². The molecule has 4 rings (SSSR count). The van der Waals surface area contributed by atoms with E-state index >= 15 is 0 Å². The highest BCUT2D eigenvalue weighted by atomic mass is 19.1. The van der Waals surface area contributed by atoms with E-state index in [1.807, 2.05) is 62.4 Å². The molecule has 0 saturated carbocycles. The number of anilines is 6. The molecule has 0 spiro atoms. The molecule has 0 atom stereocenters. The fourth-order valence-corrected chi connectivity index (χ4v) is 3.05. The van der Waals surface area contributed by atoms with E-state index in [9.17, 15) is 4.39 Å². The minimum absolute atomic E-state index is 0.369. The van der Waals surface area contributed by atoms with E-state index in [1.165, 1.54) is 0 Å². The number of nitrogens with one attached hydrogen (secondary N) is 3. The maximum Gasteiger partial charge on any atom is 0.233 e. The van der Waals surface area contributed by atoms with E-state index in [4.69, 9.17) is 0 Å². The van der Waals surface area contributed by atoms with Crippen LogP contribution in [0.5, 0.6) is 0 Å². The predicted molar refractivity (Wildman–Crippen MR) is 123 cm³/mol. The van der Waals surface area contributed by atoms with Gasteiger partial charge in [0.25, 0.3) is 0 Å². The Morgan fingerprint density at radius 3 is 1.48 bits per heavy atom. The van der Waals surface area contributed by atoms with Crippen LogP contribution in [-0.4, -0.2) is 15.0 Å². The van der Waals surface area contributed by atoms with Gasteiger partial charge in [-0.15, -0.1) is 0 Å². The molecule has 0 saturated heterocycles. The lowest BCUT2D eigenvalue weighted by atomic mass is 10.2. The third-order valence-electron chi connectivity index (χ3n) is 4.55. The number of hydrogen-bond donors (Lipinski definition) is 3. The summed E-state index contributed by atoms with van der Waals surface area (Å²) in [5, 5.41) is 9.64. The number of benzene rings is 3. The Kier molecular flexibility index (Phi) is 6.03. The summed E-state index contributed by atoms with van der Waals surface area (Å²) in [6, 6.07) is 22.9. The molecule has 3 aromatic carbocycles. The second-order valence-electron chi connectivity index (χ2n) is 7.25. The molecule has 0 aliphatic heterocycles. The molecule has 1 heterocycles. The largest absolute Gasteiger partial charge is 0.324 e. The van der Waals surface area contributed by atoms with E-state index in [-0.39, 0.29) is 0 Å². The minimum atomic E-state index is -0.499. The lowest BCUT2D eigenvalue weighted by Crippen LogP contribution is -2.07. The third-order valence-corrected chi connectivity index (χ3v) is 4.55. The molecule has 3 N–H and O–H groups in total. The molecule has 0 aliphatic rings. The fraction of sp³-hybridized carbons (Fsp3) is 0.125. The lowest BCUT2D eigenvalue weighted by Gasteiger charge is -2.12. The molecular formula is C24H23FN6. The first kappa shape index (κ1) is 20.3. The highest BCUT2D eigenvalue weighted by molar-refractivity contribution is 5.62. The maximum atomic E-state index is 12.8. The number of nitrogens with zero attached hydrogens (tertiary/aromatic N) is 3. The van der Waals surface area contributed by atoms with Gasteiger partial charge in [0, 0.05) is 17.1 Å². The van der Waals surface area contributed by atoms with Crippen LogP contribution < -0.4 is 16.0 Å². The molecule has 0 unspecified atom stereocenters. The molecule has 0 aliphatic carbocycles. The van der Waals surface area contributed by atoms with Gasteiger partial charge in [-0.25, -0.2) is 4.39 Å². The monoisotopic (exact) mass is 414 g/mol. The quantitative estimate of drug-likeness (QED) is 0.335. The first-order valence-electron chi connectivity index (χ1n) is 9.93. The lowest BCUT2D eigenvalue weighted by molar-refractivity contribution is 0.485. The molecule has 7 heteroatoms. The van der Waals surface area contributed by atoms with Crippen LogP contribution in [0.4, 0.5) is 39.3 Å². The van der Waals surface area contributed by atoms with E-state index in [2.05, 4.69) is 30.9 Å². The Bertz CT molecular complexity index is 1110. The highest BCUT2D eigenvalue weighted by Crippen LogP contribution is 2.22. The van der Waals surface area contributed by atoms with Gasteiger partial charge in [0.15, 0.2) is 0 Å². The summed E-state index contributed by atoms with van der Waals surface area (Å²) in [6.45, 7) is 3.55. The van der Waals surface area contributed by atoms with Crippen molar-refractivity contribution in [3.05, 3.63) is 89.5 Å². The van der Waals surface area contributed by atoms with Crippen molar-refractivity contribution in [2.75, 3.05) is 16.0 Å². The first-order valence-corrected chi connectivity index (χ1v) is 9.93. The summed E-state index contributed by atoms with van der Waals surface area (Å²) in [7, 11) is 0. The van der Waals surface area contributed by atoms with Crippen LogP contribution in [0.1, 0.15) is 16.7 Å². The van der Waals surface area contributed by atoms with Crippen molar-refractivity contribution in [3.8, 4) is 0 Å². The van der Waals surface area contributed by atoms with Gasteiger partial charge in [-0.05, 0) is 66.9 Å². The number of rotatable bonds is 7. The Morgan fingerprint density at radius 2 is 1.06 bits per heavy atom. The van der Waals surface area contributed by atoms with Gasteiger partial charge in [0.05, 0.1) is 0 Å². The Balaban J connectivity index is 1.64. The van der Waals surface area contributed by atoms with Gasteiger partial charge in [0.2, 0.25) is 17.8 Å². The molecule has 156 valence electrons. The van der Waals surface area contributed by atoms with Gasteiger partial charge in [-0.2, -0.15) is 15.0 Å². The van der Waals surface area contributed by atoms with Crippen molar-refractivity contribution in [3.63, 3.8) is 0 Å². The van der Waals surface area contributed by atoms with Gasteiger partial charge in [-0.3, -0.25) is 0 Å². The van der Waals surface area contributed by atoms with E-state index in [1.54, 1.807) is 24.3 Å². The van der Waals surface area contributed by atoms with Crippen LogP contribution in [0.15, 0.2) is 72.8 Å². The topological polar surface area (TPSA) is 74.8 Å². The van der Waals surface area contributed by atoms with Crippen LogP contribution in [0.2, 0.25) is 0 Å². The summed E-state index contributed by atoms with van der Waals surface area (Å²) in [5.41, 5.74) is 5.39. The second-order valence-corrected chi connectivity index (χ2v) is 7.25. The van der Waals surface area contributed by atoms with Crippen molar-refractivity contribution in [2.45, 2.75) is 20.5 Å². The molecule has 4 aromatic rings. The van der Waals surface area contributed by atoms with Crippen LogP contribution in [0.3, 0.4) is 0 Å². The van der Waals surface area contributed by atoms with Crippen LogP contribution >= 0.6 is 0 Å². The van der Waals surface area contributed by atoms with Crippen molar-refractivity contribution >= 4 is 34.9 Å². The molecular weight excluding hydrogens is 391 g/mol. The van der Waals surface area contributed by atoms with E-state index in [0.717, 1.165) is 28.2 Å². The molecule has 6 nitrogen and oxygen atoms in total. The summed E-state index contributed by atoms with van der Waals surface area (Å²) in [5.74, 6) is 1.17. The van der Waals surface area contributed by atoms with Crippen LogP contribution in [-0.2, 0) is 6.67 Å². The second kappa shape index (κ2) is 9.21. The predicted octanol–water partition coefficient (Wildman–Crippen LogP) is 6.19. The SMILES string of the molecule is Cc1cccc(Nc2nc(Nc3ccc(CF)cc3)nc(Nc3cccc(C)c3)n2)c1. The highest BCUT2D eigenvalue weighted by Gasteiger charge is 2.09. The van der Waals surface area contributed by atoms with Gasteiger partial charge < -0.3 is 16.0 Å². The zero-order valence-corrected chi connectivity index (χ0v) is 17.4. The molecule has 1 aromatic heterocycles. The fourth-order valence-electron chi connectivity index (χ4n) is 3.05. The molecule has 0 amide bonds. The van der Waals surface area contributed by atoms with Gasteiger partial charge >= 0.3 is 0 Å². The summed E-state index contributed by atoms with van der Waals surface area (Å²) in [4.78, 5) is 13.5. The molecule has 31 heavy (non-hydrogen) atoms. The smallest absolute Gasteiger partial charge is 0.233 e. The average Bonchev–Trinajstić information content (AvgIpc) is 2.74. The number of hydrogen-bond acceptors (Lipinski definition) is 6. The summed E-state index contributed by atoms with van der Waals surface area (Å²) >= 11 is 0. The maximum absolute atomic E-state index is 12.8. The number of aromatic nitrogens is 3. The van der Waals surface area contributed by atoms with Crippen molar-refractivity contribution in [2.24, 2.45) is 0 Å². The average molecular weight is 414 g/mol. The summed E-state index contributed by atoms with van der Waals surface area (Å²) in [6.07, 6.45) is 0. The third kappa shape index (κ3) is 5.54. The Morgan fingerprint density at radius 1 is 0.613 bits per heavy atom. The van der Waals surface area contributed by atoms with Crippen LogP contribution in [0.25, 0.3) is 0 Å². The van der Waals surface area contributed by atoms with Gasteiger partial charge in [0.1, 0.15) is 6.67 Å². The molecule has 0 fully saturated rings. The molecule has 0 radical (unpaired) electrons. The van der Waals surface area contributed by atoms with Crippen molar-refractivity contribution < 1.29 is 4.39 Å². The van der Waals surface area contributed by atoms with Gasteiger partial charge in [-0.1, -0.05) is 36.4 Å². The summed E-state index contributed by atoms with van der Waals surface area (Å²) < 4.78 is 12.8. The minimum Gasteiger partial charge on any atom is -0.324 e. The van der Waals surface area contributed by atoms with E-state index < -0.39 is 6.67 Å². The van der Waals surface area contributed by atoms with Crippen LogP contribution in [0, 0.1) is 13.8 Å². The number of alkyl halides is 1. The normalized spacial score (nSPS) is 10.5. The number of aryl methyl sites for hydroxylation is 2. The zero-order valence-electron chi connectivity index (χ0n) is 17.4. The Hall–Kier alpha value is -4.00. The molecule has 0 bridgehead atoms.